The Morgan fingerprint density at radius 3 is 2.70 bits per heavy atom. The molecular formula is C15H20N2O2S. The molecule has 1 heterocycles. The summed E-state index contributed by atoms with van der Waals surface area (Å²) in [4.78, 5) is 12.9. The molecule has 1 atom stereocenters. The fourth-order valence-corrected chi connectivity index (χ4v) is 2.88. The summed E-state index contributed by atoms with van der Waals surface area (Å²) in [5.41, 5.74) is 6.14. The number of para-hydroxylation sites is 1. The summed E-state index contributed by atoms with van der Waals surface area (Å²) < 4.78 is 5.55. The van der Waals surface area contributed by atoms with Gasteiger partial charge in [-0.15, -0.1) is 0 Å². The van der Waals surface area contributed by atoms with Gasteiger partial charge in [-0.3, -0.25) is 4.79 Å². The second kappa shape index (κ2) is 5.79. The number of nitrogens with two attached hydrogens (primary N) is 1. The molecule has 0 saturated heterocycles. The predicted molar refractivity (Wildman–Crippen MR) is 82.9 cm³/mol. The van der Waals surface area contributed by atoms with E-state index in [4.69, 9.17) is 22.7 Å². The highest BCUT2D eigenvalue weighted by molar-refractivity contribution is 7.80. The van der Waals surface area contributed by atoms with Gasteiger partial charge in [-0.25, -0.2) is 0 Å². The summed E-state index contributed by atoms with van der Waals surface area (Å²) >= 11 is 5.13. The van der Waals surface area contributed by atoms with Crippen LogP contribution in [0, 0.1) is 0 Å². The third-order valence-electron chi connectivity index (χ3n) is 4.06. The Morgan fingerprint density at radius 1 is 1.45 bits per heavy atom. The lowest BCUT2D eigenvalue weighted by atomic mass is 9.90. The van der Waals surface area contributed by atoms with Crippen LogP contribution in [0.15, 0.2) is 24.3 Å². The van der Waals surface area contributed by atoms with Gasteiger partial charge in [0.2, 0.25) is 5.91 Å². The summed E-state index contributed by atoms with van der Waals surface area (Å²) in [5, 5.41) is 3.03. The average Bonchev–Trinajstić information content (AvgIpc) is 2.88. The van der Waals surface area contributed by atoms with Crippen molar-refractivity contribution in [2.45, 2.75) is 38.1 Å². The van der Waals surface area contributed by atoms with Crippen molar-refractivity contribution in [2.24, 2.45) is 5.73 Å². The number of carbonyl (C=O) groups is 1. The van der Waals surface area contributed by atoms with Crippen LogP contribution in [-0.2, 0) is 4.79 Å². The summed E-state index contributed by atoms with van der Waals surface area (Å²) in [6.45, 7) is 4.32. The van der Waals surface area contributed by atoms with Gasteiger partial charge in [0.15, 0.2) is 0 Å². The minimum atomic E-state index is -0.607. The number of hydrogen-bond donors (Lipinski definition) is 2. The van der Waals surface area contributed by atoms with Crippen LogP contribution in [0.25, 0.3) is 0 Å². The molecule has 108 valence electrons. The minimum absolute atomic E-state index is 0.0774. The van der Waals surface area contributed by atoms with Crippen LogP contribution in [0.5, 0.6) is 5.75 Å². The Labute approximate surface area is 124 Å². The van der Waals surface area contributed by atoms with E-state index in [2.05, 4.69) is 5.32 Å². The quantitative estimate of drug-likeness (QED) is 0.816. The molecule has 0 fully saturated rings. The Balaban J connectivity index is 2.19. The van der Waals surface area contributed by atoms with Gasteiger partial charge in [0.25, 0.3) is 0 Å². The maximum Gasteiger partial charge on any atom is 0.231 e. The molecular weight excluding hydrogens is 272 g/mol. The molecule has 1 aliphatic heterocycles. The number of amides is 1. The van der Waals surface area contributed by atoms with E-state index in [1.165, 1.54) is 0 Å². The molecule has 0 aromatic heterocycles. The van der Waals surface area contributed by atoms with Crippen molar-refractivity contribution in [2.75, 3.05) is 6.61 Å². The molecule has 1 amide bonds. The lowest BCUT2D eigenvalue weighted by molar-refractivity contribution is -0.124. The van der Waals surface area contributed by atoms with E-state index >= 15 is 0 Å². The summed E-state index contributed by atoms with van der Waals surface area (Å²) in [6.07, 6.45) is 1.36. The number of benzene rings is 1. The number of thiocarbonyl (C=S) groups is 1. The molecule has 20 heavy (non-hydrogen) atoms. The first-order chi connectivity index (χ1) is 9.54. The van der Waals surface area contributed by atoms with Crippen LogP contribution in [-0.4, -0.2) is 23.0 Å². The molecule has 1 aliphatic rings. The fourth-order valence-electron chi connectivity index (χ4n) is 2.54. The number of nitrogens with one attached hydrogen (secondary N) is 1. The average molecular weight is 292 g/mol. The zero-order chi connectivity index (χ0) is 14.8. The molecule has 2 rings (SSSR count). The number of hydrogen-bond acceptors (Lipinski definition) is 3. The third kappa shape index (κ3) is 2.50. The Bertz CT molecular complexity index is 526. The first kappa shape index (κ1) is 14.8. The Kier molecular flexibility index (Phi) is 4.28. The molecule has 1 aromatic rings. The van der Waals surface area contributed by atoms with Crippen molar-refractivity contribution in [3.8, 4) is 5.75 Å². The molecule has 1 aromatic carbocycles. The van der Waals surface area contributed by atoms with E-state index in [0.717, 1.165) is 11.3 Å². The van der Waals surface area contributed by atoms with Gasteiger partial charge in [-0.1, -0.05) is 44.3 Å². The molecule has 5 heteroatoms. The molecule has 4 nitrogen and oxygen atoms in total. The molecule has 1 unspecified atom stereocenters. The molecule has 0 aliphatic carbocycles. The monoisotopic (exact) mass is 292 g/mol. The molecule has 0 radical (unpaired) electrons. The lowest BCUT2D eigenvalue weighted by Crippen LogP contribution is -2.57. The van der Waals surface area contributed by atoms with Crippen molar-refractivity contribution in [3.05, 3.63) is 29.8 Å². The minimum Gasteiger partial charge on any atom is -0.492 e. The van der Waals surface area contributed by atoms with Crippen LogP contribution in [0.4, 0.5) is 0 Å². The van der Waals surface area contributed by atoms with Crippen LogP contribution in [0.1, 0.15) is 38.2 Å². The molecule has 0 bridgehead atoms. The highest BCUT2D eigenvalue weighted by Gasteiger charge is 2.37. The topological polar surface area (TPSA) is 64.3 Å². The van der Waals surface area contributed by atoms with Gasteiger partial charge in [-0.2, -0.15) is 0 Å². The van der Waals surface area contributed by atoms with E-state index < -0.39 is 5.54 Å². The zero-order valence-electron chi connectivity index (χ0n) is 11.8. The number of carbonyl (C=O) groups excluding carboxylic acids is 1. The van der Waals surface area contributed by atoms with Crippen LogP contribution >= 0.6 is 12.2 Å². The van der Waals surface area contributed by atoms with Crippen molar-refractivity contribution in [1.29, 1.82) is 0 Å². The summed E-state index contributed by atoms with van der Waals surface area (Å²) in [5.74, 6) is 0.408. The Morgan fingerprint density at radius 2 is 2.10 bits per heavy atom. The lowest BCUT2D eigenvalue weighted by Gasteiger charge is -2.32. The number of fused-ring (bicyclic) bond motifs is 1. The number of ether oxygens (including phenoxy) is 1. The highest BCUT2D eigenvalue weighted by Crippen LogP contribution is 2.34. The summed E-state index contributed by atoms with van der Waals surface area (Å²) in [6, 6.07) is 7.61. The fraction of sp³-hybridized carbons (Fsp3) is 0.467. The van der Waals surface area contributed by atoms with Crippen molar-refractivity contribution in [1.82, 2.24) is 5.32 Å². The summed E-state index contributed by atoms with van der Waals surface area (Å²) in [7, 11) is 0. The standard InChI is InChI=1S/C15H20N2O2S/c1-3-15(4-2,14(16)20)17-13(18)11-9-19-12-8-6-5-7-10(11)12/h5-8,11H,3-4,9H2,1-2H3,(H2,16,20)(H,17,18). The highest BCUT2D eigenvalue weighted by atomic mass is 32.1. The van der Waals surface area contributed by atoms with E-state index in [-0.39, 0.29) is 11.8 Å². The Hall–Kier alpha value is -1.62. The van der Waals surface area contributed by atoms with Crippen LogP contribution in [0.2, 0.25) is 0 Å². The first-order valence-corrected chi connectivity index (χ1v) is 7.28. The van der Waals surface area contributed by atoms with E-state index in [9.17, 15) is 4.79 Å². The molecule has 0 spiro atoms. The maximum atomic E-state index is 12.5. The van der Waals surface area contributed by atoms with Gasteiger partial charge in [0.1, 0.15) is 18.3 Å². The van der Waals surface area contributed by atoms with E-state index in [1.807, 2.05) is 38.1 Å². The predicted octanol–water partition coefficient (Wildman–Crippen LogP) is 2.12. The van der Waals surface area contributed by atoms with Crippen LogP contribution in [0.3, 0.4) is 0 Å². The van der Waals surface area contributed by atoms with Gasteiger partial charge < -0.3 is 15.8 Å². The third-order valence-corrected chi connectivity index (χ3v) is 4.45. The SMILES string of the molecule is CCC(CC)(NC(=O)C1COc2ccccc21)C(N)=S. The van der Waals surface area contributed by atoms with Crippen molar-refractivity contribution < 1.29 is 9.53 Å². The van der Waals surface area contributed by atoms with E-state index in [1.54, 1.807) is 0 Å². The second-order valence-corrected chi connectivity index (χ2v) is 5.48. The molecule has 3 N–H and O–H groups in total. The van der Waals surface area contributed by atoms with Crippen LogP contribution < -0.4 is 15.8 Å². The molecule has 0 saturated carbocycles. The normalized spacial score (nSPS) is 17.2. The largest absolute Gasteiger partial charge is 0.492 e. The van der Waals surface area contributed by atoms with Gasteiger partial charge in [-0.05, 0) is 18.9 Å². The van der Waals surface area contributed by atoms with Gasteiger partial charge in [0.05, 0.1) is 10.5 Å². The van der Waals surface area contributed by atoms with Crippen molar-refractivity contribution in [3.63, 3.8) is 0 Å². The first-order valence-electron chi connectivity index (χ1n) is 6.87. The second-order valence-electron chi connectivity index (χ2n) is 5.04. The number of rotatable bonds is 5. The smallest absolute Gasteiger partial charge is 0.231 e. The van der Waals surface area contributed by atoms with Gasteiger partial charge in [0, 0.05) is 5.56 Å². The zero-order valence-corrected chi connectivity index (χ0v) is 12.6. The maximum absolute atomic E-state index is 12.5. The van der Waals surface area contributed by atoms with E-state index in [0.29, 0.717) is 24.4 Å². The van der Waals surface area contributed by atoms with Gasteiger partial charge >= 0.3 is 0 Å². The van der Waals surface area contributed by atoms with Crippen molar-refractivity contribution >= 4 is 23.1 Å².